The molecule has 1 aromatic heterocycles. The first-order valence-electron chi connectivity index (χ1n) is 6.65. The maximum absolute atomic E-state index is 13.8. The lowest BCUT2D eigenvalue weighted by Crippen LogP contribution is -2.17. The number of halogens is 1. The van der Waals surface area contributed by atoms with E-state index in [1.54, 1.807) is 0 Å². The fourth-order valence-corrected chi connectivity index (χ4v) is 2.11. The van der Waals surface area contributed by atoms with Gasteiger partial charge in [-0.05, 0) is 25.3 Å². The van der Waals surface area contributed by atoms with Gasteiger partial charge in [0.2, 0.25) is 5.95 Å². The zero-order chi connectivity index (χ0) is 14.1. The first kappa shape index (κ1) is 12.8. The van der Waals surface area contributed by atoms with Crippen molar-refractivity contribution < 1.29 is 13.9 Å². The molecular weight excluding hydrogens is 259 g/mol. The lowest BCUT2D eigenvalue weighted by atomic mass is 10.1. The number of carbonyl (C=O) groups is 1. The van der Waals surface area contributed by atoms with Gasteiger partial charge in [0.1, 0.15) is 6.10 Å². The highest BCUT2D eigenvalue weighted by Gasteiger charge is 2.31. The molecule has 0 saturated heterocycles. The van der Waals surface area contributed by atoms with Gasteiger partial charge in [-0.15, -0.1) is 0 Å². The zero-order valence-electron chi connectivity index (χ0n) is 11.1. The molecule has 0 unspecified atom stereocenters. The molecule has 0 radical (unpaired) electrons. The standard InChI is InChI=1S/C15H15FN2O2/c1-10(11-5-3-2-4-6-11)18-9-17-14(16)13(18)15(19)20-12-7-8-12/h2-6,9-10,12H,7-8H2,1H3/t10-/m1/s1. The number of ether oxygens (including phenoxy) is 1. The molecule has 0 aliphatic heterocycles. The Hall–Kier alpha value is -2.17. The molecule has 1 heterocycles. The number of rotatable bonds is 4. The molecule has 1 aromatic carbocycles. The smallest absolute Gasteiger partial charge is 0.360 e. The average Bonchev–Trinajstić information content (AvgIpc) is 3.19. The minimum Gasteiger partial charge on any atom is -0.458 e. The summed E-state index contributed by atoms with van der Waals surface area (Å²) in [6, 6.07) is 9.39. The predicted molar refractivity (Wildman–Crippen MR) is 70.9 cm³/mol. The van der Waals surface area contributed by atoms with Gasteiger partial charge in [0.15, 0.2) is 5.69 Å². The highest BCUT2D eigenvalue weighted by Crippen LogP contribution is 2.27. The fraction of sp³-hybridized carbons (Fsp3) is 0.333. The van der Waals surface area contributed by atoms with Crippen LogP contribution in [0.5, 0.6) is 0 Å². The van der Waals surface area contributed by atoms with Crippen LogP contribution in [0.15, 0.2) is 36.7 Å². The van der Waals surface area contributed by atoms with E-state index in [2.05, 4.69) is 4.98 Å². The van der Waals surface area contributed by atoms with Gasteiger partial charge < -0.3 is 9.30 Å². The SMILES string of the molecule is C[C@H](c1ccccc1)n1cnc(F)c1C(=O)OC1CC1. The topological polar surface area (TPSA) is 44.1 Å². The first-order chi connectivity index (χ1) is 9.66. The van der Waals surface area contributed by atoms with E-state index in [1.165, 1.54) is 10.9 Å². The molecule has 0 N–H and O–H groups in total. The van der Waals surface area contributed by atoms with Crippen molar-refractivity contribution in [3.05, 3.63) is 53.9 Å². The monoisotopic (exact) mass is 274 g/mol. The van der Waals surface area contributed by atoms with Crippen LogP contribution in [0, 0.1) is 5.95 Å². The maximum atomic E-state index is 13.8. The van der Waals surface area contributed by atoms with Gasteiger partial charge in [-0.25, -0.2) is 9.78 Å². The summed E-state index contributed by atoms with van der Waals surface area (Å²) < 4.78 is 20.5. The second-order valence-corrected chi connectivity index (χ2v) is 4.98. The van der Waals surface area contributed by atoms with E-state index >= 15 is 0 Å². The van der Waals surface area contributed by atoms with Crippen molar-refractivity contribution in [2.75, 3.05) is 0 Å². The number of esters is 1. The Morgan fingerprint density at radius 2 is 2.10 bits per heavy atom. The minimum absolute atomic E-state index is 0.0581. The summed E-state index contributed by atoms with van der Waals surface area (Å²) in [5.74, 6) is -1.41. The molecule has 1 atom stereocenters. The Bertz CT molecular complexity index is 620. The Labute approximate surface area is 116 Å². The Balaban J connectivity index is 1.91. The van der Waals surface area contributed by atoms with Gasteiger partial charge in [-0.2, -0.15) is 4.39 Å². The van der Waals surface area contributed by atoms with E-state index in [9.17, 15) is 9.18 Å². The van der Waals surface area contributed by atoms with Gasteiger partial charge in [-0.1, -0.05) is 30.3 Å². The van der Waals surface area contributed by atoms with Crippen molar-refractivity contribution in [1.82, 2.24) is 9.55 Å². The number of hydrogen-bond acceptors (Lipinski definition) is 3. The highest BCUT2D eigenvalue weighted by molar-refractivity contribution is 5.88. The molecule has 1 aliphatic rings. The zero-order valence-corrected chi connectivity index (χ0v) is 11.1. The molecule has 0 amide bonds. The van der Waals surface area contributed by atoms with Gasteiger partial charge in [0, 0.05) is 0 Å². The maximum Gasteiger partial charge on any atom is 0.360 e. The number of benzene rings is 1. The van der Waals surface area contributed by atoms with E-state index in [4.69, 9.17) is 4.74 Å². The normalized spacial score (nSPS) is 15.9. The number of hydrogen-bond donors (Lipinski definition) is 0. The van der Waals surface area contributed by atoms with Gasteiger partial charge in [0.05, 0.1) is 12.4 Å². The van der Waals surface area contributed by atoms with E-state index in [-0.39, 0.29) is 17.8 Å². The summed E-state index contributed by atoms with van der Waals surface area (Å²) in [7, 11) is 0. The van der Waals surface area contributed by atoms with Gasteiger partial charge in [-0.3, -0.25) is 0 Å². The third-order valence-electron chi connectivity index (χ3n) is 3.44. The lowest BCUT2D eigenvalue weighted by molar-refractivity contribution is 0.0452. The molecule has 1 saturated carbocycles. The Morgan fingerprint density at radius 1 is 1.40 bits per heavy atom. The summed E-state index contributed by atoms with van der Waals surface area (Å²) in [6.07, 6.45) is 3.00. The number of aromatic nitrogens is 2. The molecular formula is C15H15FN2O2. The van der Waals surface area contributed by atoms with Crippen LogP contribution in [0.1, 0.15) is 41.9 Å². The van der Waals surface area contributed by atoms with Crippen LogP contribution >= 0.6 is 0 Å². The van der Waals surface area contributed by atoms with E-state index in [0.717, 1.165) is 18.4 Å². The summed E-state index contributed by atoms with van der Waals surface area (Å²) in [5.41, 5.74) is 0.874. The van der Waals surface area contributed by atoms with Gasteiger partial charge >= 0.3 is 5.97 Å². The number of nitrogens with zero attached hydrogens (tertiary/aromatic N) is 2. The minimum atomic E-state index is -0.779. The van der Waals surface area contributed by atoms with Crippen LogP contribution in [0.2, 0.25) is 0 Å². The molecule has 0 bridgehead atoms. The van der Waals surface area contributed by atoms with Crippen molar-refractivity contribution in [3.8, 4) is 0 Å². The molecule has 20 heavy (non-hydrogen) atoms. The third-order valence-corrected chi connectivity index (χ3v) is 3.44. The van der Waals surface area contributed by atoms with Crippen LogP contribution in [0.3, 0.4) is 0 Å². The summed E-state index contributed by atoms with van der Waals surface area (Å²) in [5, 5.41) is 0. The molecule has 3 rings (SSSR count). The summed E-state index contributed by atoms with van der Waals surface area (Å²) in [6.45, 7) is 1.89. The molecule has 5 heteroatoms. The van der Waals surface area contributed by atoms with Crippen molar-refractivity contribution in [2.45, 2.75) is 31.9 Å². The molecule has 104 valence electrons. The predicted octanol–water partition coefficient (Wildman–Crippen LogP) is 2.95. The van der Waals surface area contributed by atoms with Crippen molar-refractivity contribution in [2.24, 2.45) is 0 Å². The number of carbonyl (C=O) groups excluding carboxylic acids is 1. The van der Waals surface area contributed by atoms with E-state index in [0.29, 0.717) is 0 Å². The van der Waals surface area contributed by atoms with E-state index < -0.39 is 11.9 Å². The highest BCUT2D eigenvalue weighted by atomic mass is 19.1. The summed E-state index contributed by atoms with van der Waals surface area (Å²) >= 11 is 0. The largest absolute Gasteiger partial charge is 0.458 e. The summed E-state index contributed by atoms with van der Waals surface area (Å²) in [4.78, 5) is 15.6. The van der Waals surface area contributed by atoms with Crippen LogP contribution in [0.4, 0.5) is 4.39 Å². The molecule has 0 spiro atoms. The van der Waals surface area contributed by atoms with Crippen LogP contribution < -0.4 is 0 Å². The third kappa shape index (κ3) is 2.43. The average molecular weight is 274 g/mol. The van der Waals surface area contributed by atoms with Crippen LogP contribution in [-0.2, 0) is 4.74 Å². The fourth-order valence-electron chi connectivity index (χ4n) is 2.11. The van der Waals surface area contributed by atoms with Gasteiger partial charge in [0.25, 0.3) is 0 Å². The van der Waals surface area contributed by atoms with Crippen molar-refractivity contribution in [1.29, 1.82) is 0 Å². The van der Waals surface area contributed by atoms with Crippen LogP contribution in [0.25, 0.3) is 0 Å². The Kier molecular flexibility index (Phi) is 3.26. The van der Waals surface area contributed by atoms with Crippen molar-refractivity contribution in [3.63, 3.8) is 0 Å². The Morgan fingerprint density at radius 3 is 2.75 bits per heavy atom. The second kappa shape index (κ2) is 5.07. The first-order valence-corrected chi connectivity index (χ1v) is 6.65. The number of imidazole rings is 1. The lowest BCUT2D eigenvalue weighted by Gasteiger charge is -2.16. The molecule has 1 aliphatic carbocycles. The quantitative estimate of drug-likeness (QED) is 0.805. The van der Waals surface area contributed by atoms with Crippen LogP contribution in [-0.4, -0.2) is 21.6 Å². The molecule has 1 fully saturated rings. The van der Waals surface area contributed by atoms with E-state index in [1.807, 2.05) is 37.3 Å². The second-order valence-electron chi connectivity index (χ2n) is 4.98. The van der Waals surface area contributed by atoms with Crippen molar-refractivity contribution >= 4 is 5.97 Å². The molecule has 4 nitrogen and oxygen atoms in total. The molecule has 2 aromatic rings.